The first-order valence-corrected chi connectivity index (χ1v) is 6.31. The third-order valence-corrected chi connectivity index (χ3v) is 3.68. The lowest BCUT2D eigenvalue weighted by Gasteiger charge is -2.26. The minimum atomic E-state index is -0.214. The summed E-state index contributed by atoms with van der Waals surface area (Å²) in [6.45, 7) is 5.30. The van der Waals surface area contributed by atoms with Crippen LogP contribution in [0.1, 0.15) is 32.6 Å². The fourth-order valence-electron chi connectivity index (χ4n) is 2.40. The third kappa shape index (κ3) is 2.74. The largest absolute Gasteiger partial charge is 0.376 e. The Labute approximate surface area is 97.1 Å². The van der Waals surface area contributed by atoms with Crippen molar-refractivity contribution in [1.82, 2.24) is 10.6 Å². The predicted molar refractivity (Wildman–Crippen MR) is 62.2 cm³/mol. The minimum Gasteiger partial charge on any atom is -0.376 e. The van der Waals surface area contributed by atoms with Gasteiger partial charge in [-0.1, -0.05) is 0 Å². The first-order valence-electron chi connectivity index (χ1n) is 6.31. The topological polar surface area (TPSA) is 50.4 Å². The number of hydrogen-bond acceptors (Lipinski definition) is 3. The number of nitrogens with one attached hydrogen (secondary N) is 2. The maximum atomic E-state index is 12.0. The molecule has 2 rings (SSSR count). The van der Waals surface area contributed by atoms with Crippen LogP contribution >= 0.6 is 0 Å². The van der Waals surface area contributed by atoms with Crippen LogP contribution in [-0.2, 0) is 9.53 Å². The first kappa shape index (κ1) is 11.9. The van der Waals surface area contributed by atoms with Crippen molar-refractivity contribution in [2.45, 2.75) is 38.7 Å². The molecule has 0 aromatic heterocycles. The maximum absolute atomic E-state index is 12.0. The van der Waals surface area contributed by atoms with Crippen LogP contribution in [0.4, 0.5) is 0 Å². The SMILES string of the molecule is CC1(C(=O)NCC2CCCCO2)CCNC1. The molecule has 0 saturated carbocycles. The molecule has 0 radical (unpaired) electrons. The zero-order chi connectivity index (χ0) is 11.4. The van der Waals surface area contributed by atoms with E-state index >= 15 is 0 Å². The number of ether oxygens (including phenoxy) is 1. The highest BCUT2D eigenvalue weighted by molar-refractivity contribution is 5.82. The lowest BCUT2D eigenvalue weighted by molar-refractivity contribution is -0.130. The summed E-state index contributed by atoms with van der Waals surface area (Å²) >= 11 is 0. The lowest BCUT2D eigenvalue weighted by atomic mass is 9.89. The van der Waals surface area contributed by atoms with E-state index in [0.717, 1.165) is 39.0 Å². The van der Waals surface area contributed by atoms with E-state index in [1.165, 1.54) is 6.42 Å². The van der Waals surface area contributed by atoms with Crippen molar-refractivity contribution in [3.8, 4) is 0 Å². The van der Waals surface area contributed by atoms with Gasteiger partial charge in [0, 0.05) is 19.7 Å². The van der Waals surface area contributed by atoms with Crippen LogP contribution in [-0.4, -0.2) is 38.3 Å². The molecule has 2 unspecified atom stereocenters. The smallest absolute Gasteiger partial charge is 0.227 e. The number of amides is 1. The third-order valence-electron chi connectivity index (χ3n) is 3.68. The van der Waals surface area contributed by atoms with Crippen LogP contribution in [0.5, 0.6) is 0 Å². The van der Waals surface area contributed by atoms with Gasteiger partial charge in [-0.15, -0.1) is 0 Å². The predicted octanol–water partition coefficient (Wildman–Crippen LogP) is 0.671. The molecule has 1 amide bonds. The Morgan fingerprint density at radius 3 is 3.06 bits per heavy atom. The minimum absolute atomic E-state index is 0.173. The molecule has 4 nitrogen and oxygen atoms in total. The molecular formula is C12H22N2O2. The van der Waals surface area contributed by atoms with Crippen LogP contribution in [0.15, 0.2) is 0 Å². The van der Waals surface area contributed by atoms with Crippen molar-refractivity contribution in [1.29, 1.82) is 0 Å². The van der Waals surface area contributed by atoms with E-state index < -0.39 is 0 Å². The average molecular weight is 226 g/mol. The van der Waals surface area contributed by atoms with Gasteiger partial charge >= 0.3 is 0 Å². The van der Waals surface area contributed by atoms with Gasteiger partial charge in [0.1, 0.15) is 0 Å². The number of carbonyl (C=O) groups excluding carboxylic acids is 1. The van der Waals surface area contributed by atoms with Crippen LogP contribution in [0.25, 0.3) is 0 Å². The van der Waals surface area contributed by atoms with Crippen molar-refractivity contribution >= 4 is 5.91 Å². The van der Waals surface area contributed by atoms with Crippen molar-refractivity contribution in [3.63, 3.8) is 0 Å². The van der Waals surface area contributed by atoms with Gasteiger partial charge in [-0.05, 0) is 39.2 Å². The molecular weight excluding hydrogens is 204 g/mol. The van der Waals surface area contributed by atoms with Crippen molar-refractivity contribution < 1.29 is 9.53 Å². The summed E-state index contributed by atoms with van der Waals surface area (Å²) in [5.41, 5.74) is -0.214. The van der Waals surface area contributed by atoms with E-state index in [1.54, 1.807) is 0 Å². The maximum Gasteiger partial charge on any atom is 0.227 e. The van der Waals surface area contributed by atoms with Gasteiger partial charge < -0.3 is 15.4 Å². The van der Waals surface area contributed by atoms with Crippen LogP contribution in [0.2, 0.25) is 0 Å². The summed E-state index contributed by atoms with van der Waals surface area (Å²) < 4.78 is 5.59. The Kier molecular flexibility index (Phi) is 3.82. The van der Waals surface area contributed by atoms with Crippen molar-refractivity contribution in [3.05, 3.63) is 0 Å². The highest BCUT2D eigenvalue weighted by Gasteiger charge is 2.36. The van der Waals surface area contributed by atoms with Gasteiger partial charge in [-0.3, -0.25) is 4.79 Å². The Hall–Kier alpha value is -0.610. The summed E-state index contributed by atoms with van der Waals surface area (Å²) in [6.07, 6.45) is 4.63. The van der Waals surface area contributed by atoms with E-state index in [4.69, 9.17) is 4.74 Å². The second kappa shape index (κ2) is 5.15. The Morgan fingerprint density at radius 1 is 1.56 bits per heavy atom. The number of rotatable bonds is 3. The molecule has 0 aliphatic carbocycles. The van der Waals surface area contributed by atoms with Crippen molar-refractivity contribution in [2.24, 2.45) is 5.41 Å². The number of hydrogen-bond donors (Lipinski definition) is 2. The van der Waals surface area contributed by atoms with Crippen LogP contribution < -0.4 is 10.6 Å². The van der Waals surface area contributed by atoms with Crippen LogP contribution in [0, 0.1) is 5.41 Å². The normalized spacial score (nSPS) is 34.9. The van der Waals surface area contributed by atoms with Gasteiger partial charge in [-0.2, -0.15) is 0 Å². The van der Waals surface area contributed by atoms with E-state index in [0.29, 0.717) is 6.54 Å². The van der Waals surface area contributed by atoms with Gasteiger partial charge in [0.15, 0.2) is 0 Å². The van der Waals surface area contributed by atoms with Crippen molar-refractivity contribution in [2.75, 3.05) is 26.2 Å². The molecule has 0 bridgehead atoms. The molecule has 92 valence electrons. The molecule has 2 fully saturated rings. The second-order valence-corrected chi connectivity index (χ2v) is 5.19. The summed E-state index contributed by atoms with van der Waals surface area (Å²) in [7, 11) is 0. The first-order chi connectivity index (χ1) is 7.71. The average Bonchev–Trinajstić information content (AvgIpc) is 2.76. The molecule has 2 heterocycles. The van der Waals surface area contributed by atoms with E-state index in [1.807, 2.05) is 6.92 Å². The Bertz CT molecular complexity index is 243. The molecule has 2 saturated heterocycles. The standard InChI is InChI=1S/C12H22N2O2/c1-12(5-6-13-9-12)11(15)14-8-10-4-2-3-7-16-10/h10,13H,2-9H2,1H3,(H,14,15). The molecule has 2 aliphatic heterocycles. The zero-order valence-corrected chi connectivity index (χ0v) is 10.1. The lowest BCUT2D eigenvalue weighted by Crippen LogP contribution is -2.44. The zero-order valence-electron chi connectivity index (χ0n) is 10.1. The van der Waals surface area contributed by atoms with Gasteiger partial charge in [-0.25, -0.2) is 0 Å². The highest BCUT2D eigenvalue weighted by Crippen LogP contribution is 2.24. The highest BCUT2D eigenvalue weighted by atomic mass is 16.5. The van der Waals surface area contributed by atoms with Gasteiger partial charge in [0.05, 0.1) is 11.5 Å². The Balaban J connectivity index is 1.74. The summed E-state index contributed by atoms with van der Waals surface area (Å²) in [5.74, 6) is 0.173. The molecule has 2 N–H and O–H groups in total. The van der Waals surface area contributed by atoms with Gasteiger partial charge in [0.25, 0.3) is 0 Å². The van der Waals surface area contributed by atoms with E-state index in [-0.39, 0.29) is 17.4 Å². The summed E-state index contributed by atoms with van der Waals surface area (Å²) in [4.78, 5) is 12.0. The second-order valence-electron chi connectivity index (χ2n) is 5.19. The molecule has 2 atom stereocenters. The summed E-state index contributed by atoms with van der Waals surface area (Å²) in [6, 6.07) is 0. The van der Waals surface area contributed by atoms with Gasteiger partial charge in [0.2, 0.25) is 5.91 Å². The monoisotopic (exact) mass is 226 g/mol. The van der Waals surface area contributed by atoms with E-state index in [9.17, 15) is 4.79 Å². The molecule has 2 aliphatic rings. The Morgan fingerprint density at radius 2 is 2.44 bits per heavy atom. The molecule has 4 heteroatoms. The quantitative estimate of drug-likeness (QED) is 0.743. The van der Waals surface area contributed by atoms with E-state index in [2.05, 4.69) is 10.6 Å². The summed E-state index contributed by atoms with van der Waals surface area (Å²) in [5, 5.41) is 6.27. The molecule has 16 heavy (non-hydrogen) atoms. The van der Waals surface area contributed by atoms with Crippen LogP contribution in [0.3, 0.4) is 0 Å². The molecule has 0 spiro atoms. The molecule has 0 aromatic carbocycles. The number of carbonyl (C=O) groups is 1. The fraction of sp³-hybridized carbons (Fsp3) is 0.917. The molecule has 0 aromatic rings. The fourth-order valence-corrected chi connectivity index (χ4v) is 2.40.